The van der Waals surface area contributed by atoms with E-state index in [1.807, 2.05) is 12.1 Å². The van der Waals surface area contributed by atoms with Crippen LogP contribution in [-0.4, -0.2) is 30.6 Å². The van der Waals surface area contributed by atoms with Crippen LogP contribution in [0.4, 0.5) is 0 Å². The Bertz CT molecular complexity index is 336. The van der Waals surface area contributed by atoms with Crippen molar-refractivity contribution in [1.29, 1.82) is 0 Å². The minimum absolute atomic E-state index is 0.257. The first-order valence-electron chi connectivity index (χ1n) is 5.94. The second-order valence-electron chi connectivity index (χ2n) is 4.58. The van der Waals surface area contributed by atoms with E-state index in [1.54, 1.807) is 0 Å². The summed E-state index contributed by atoms with van der Waals surface area (Å²) in [5.74, 6) is 0.462. The van der Waals surface area contributed by atoms with Crippen LogP contribution >= 0.6 is 11.6 Å². The molecule has 1 heterocycles. The molecule has 0 bridgehead atoms. The molecule has 88 valence electrons. The van der Waals surface area contributed by atoms with Gasteiger partial charge in [0.05, 0.1) is 0 Å². The monoisotopic (exact) mass is 238 g/mol. The molecule has 16 heavy (non-hydrogen) atoms. The van der Waals surface area contributed by atoms with Crippen LogP contribution in [0.2, 0.25) is 5.02 Å². The molecule has 2 N–H and O–H groups in total. The first-order chi connectivity index (χ1) is 7.70. The highest BCUT2D eigenvalue weighted by Gasteiger charge is 2.30. The Morgan fingerprint density at radius 1 is 1.31 bits per heavy atom. The van der Waals surface area contributed by atoms with Crippen molar-refractivity contribution >= 4 is 11.6 Å². The molecular weight excluding hydrogens is 220 g/mol. The van der Waals surface area contributed by atoms with E-state index in [1.165, 1.54) is 12.0 Å². The Hall–Kier alpha value is -0.570. The molecule has 0 aliphatic carbocycles. The van der Waals surface area contributed by atoms with Crippen LogP contribution in [-0.2, 0) is 0 Å². The zero-order chi connectivity index (χ0) is 11.5. The first kappa shape index (κ1) is 11.9. The van der Waals surface area contributed by atoms with Gasteiger partial charge in [0.25, 0.3) is 0 Å². The Morgan fingerprint density at radius 2 is 2.00 bits per heavy atom. The van der Waals surface area contributed by atoms with Crippen LogP contribution < -0.4 is 5.73 Å². The van der Waals surface area contributed by atoms with Gasteiger partial charge >= 0.3 is 0 Å². The van der Waals surface area contributed by atoms with Gasteiger partial charge in [-0.05, 0) is 30.7 Å². The van der Waals surface area contributed by atoms with Gasteiger partial charge in [0, 0.05) is 30.1 Å². The Morgan fingerprint density at radius 3 is 2.62 bits per heavy atom. The normalized spacial score (nSPS) is 26.2. The molecule has 1 aromatic rings. The summed E-state index contributed by atoms with van der Waals surface area (Å²) in [5, 5.41) is 0.792. The van der Waals surface area contributed by atoms with Crippen LogP contribution in [0.25, 0.3) is 0 Å². The van der Waals surface area contributed by atoms with Gasteiger partial charge in [0.2, 0.25) is 0 Å². The number of nitrogens with zero attached hydrogens (tertiary/aromatic N) is 1. The van der Waals surface area contributed by atoms with Crippen molar-refractivity contribution in [2.45, 2.75) is 25.3 Å². The van der Waals surface area contributed by atoms with Crippen LogP contribution in [0.15, 0.2) is 24.3 Å². The molecule has 0 aromatic heterocycles. The smallest absolute Gasteiger partial charge is 0.0406 e. The fraction of sp³-hybridized carbons (Fsp3) is 0.538. The Balaban J connectivity index is 2.07. The largest absolute Gasteiger partial charge is 0.326 e. The average Bonchev–Trinajstić information content (AvgIpc) is 2.61. The highest BCUT2D eigenvalue weighted by Crippen LogP contribution is 2.27. The maximum Gasteiger partial charge on any atom is 0.0406 e. The Kier molecular flexibility index (Phi) is 3.85. The van der Waals surface area contributed by atoms with E-state index >= 15 is 0 Å². The first-order valence-corrected chi connectivity index (χ1v) is 6.32. The molecule has 0 saturated carbocycles. The summed E-state index contributed by atoms with van der Waals surface area (Å²) in [6, 6.07) is 8.36. The molecule has 3 heteroatoms. The zero-order valence-corrected chi connectivity index (χ0v) is 10.5. The lowest BCUT2D eigenvalue weighted by Crippen LogP contribution is -2.29. The van der Waals surface area contributed by atoms with Gasteiger partial charge in [-0.25, -0.2) is 0 Å². The van der Waals surface area contributed by atoms with Gasteiger partial charge in [-0.1, -0.05) is 30.7 Å². The molecule has 2 atom stereocenters. The molecule has 1 aliphatic rings. The lowest BCUT2D eigenvalue weighted by atomic mass is 9.95. The van der Waals surface area contributed by atoms with Crippen molar-refractivity contribution < 1.29 is 0 Å². The molecule has 0 amide bonds. The summed E-state index contributed by atoms with van der Waals surface area (Å²) in [6.45, 7) is 5.46. The third-order valence-corrected chi connectivity index (χ3v) is 3.53. The standard InChI is InChI=1S/C13H19ClN2/c1-2-7-16-8-12(13(15)9-16)10-3-5-11(14)6-4-10/h3-6,12-13H,2,7-9,15H2,1H3. The van der Waals surface area contributed by atoms with E-state index in [2.05, 4.69) is 24.0 Å². The second-order valence-corrected chi connectivity index (χ2v) is 5.02. The summed E-state index contributed by atoms with van der Waals surface area (Å²) in [7, 11) is 0. The predicted molar refractivity (Wildman–Crippen MR) is 68.9 cm³/mol. The van der Waals surface area contributed by atoms with E-state index < -0.39 is 0 Å². The lowest BCUT2D eigenvalue weighted by molar-refractivity contribution is 0.332. The number of likely N-dealkylation sites (tertiary alicyclic amines) is 1. The van der Waals surface area contributed by atoms with Gasteiger partial charge < -0.3 is 10.6 Å². The topological polar surface area (TPSA) is 29.3 Å². The van der Waals surface area contributed by atoms with Gasteiger partial charge in [-0.15, -0.1) is 0 Å². The van der Waals surface area contributed by atoms with Gasteiger partial charge in [-0.2, -0.15) is 0 Å². The van der Waals surface area contributed by atoms with Gasteiger partial charge in [-0.3, -0.25) is 0 Å². The van der Waals surface area contributed by atoms with E-state index in [9.17, 15) is 0 Å². The Labute approximate surface area is 102 Å². The summed E-state index contributed by atoms with van der Waals surface area (Å²) in [5.41, 5.74) is 7.51. The molecule has 1 saturated heterocycles. The van der Waals surface area contributed by atoms with Crippen molar-refractivity contribution in [3.05, 3.63) is 34.9 Å². The molecule has 0 spiro atoms. The van der Waals surface area contributed by atoms with Crippen LogP contribution in [0.5, 0.6) is 0 Å². The number of hydrogen-bond donors (Lipinski definition) is 1. The molecule has 1 fully saturated rings. The van der Waals surface area contributed by atoms with E-state index in [0.29, 0.717) is 5.92 Å². The zero-order valence-electron chi connectivity index (χ0n) is 9.70. The second kappa shape index (κ2) is 5.17. The quantitative estimate of drug-likeness (QED) is 0.877. The molecular formula is C13H19ClN2. The van der Waals surface area contributed by atoms with Gasteiger partial charge in [0.1, 0.15) is 0 Å². The fourth-order valence-corrected chi connectivity index (χ4v) is 2.60. The maximum atomic E-state index is 6.20. The molecule has 0 radical (unpaired) electrons. The molecule has 1 aromatic carbocycles. The summed E-state index contributed by atoms with van der Waals surface area (Å²) >= 11 is 5.89. The third-order valence-electron chi connectivity index (χ3n) is 3.28. The number of rotatable bonds is 3. The molecule has 2 rings (SSSR count). The summed E-state index contributed by atoms with van der Waals surface area (Å²) < 4.78 is 0. The minimum atomic E-state index is 0.257. The predicted octanol–water partition coefficient (Wildman–Crippen LogP) is 2.48. The number of hydrogen-bond acceptors (Lipinski definition) is 2. The van der Waals surface area contributed by atoms with Crippen LogP contribution in [0.3, 0.4) is 0 Å². The minimum Gasteiger partial charge on any atom is -0.326 e. The lowest BCUT2D eigenvalue weighted by Gasteiger charge is -2.15. The van der Waals surface area contributed by atoms with Crippen LogP contribution in [0.1, 0.15) is 24.8 Å². The van der Waals surface area contributed by atoms with Crippen LogP contribution in [0, 0.1) is 0 Å². The highest BCUT2D eigenvalue weighted by molar-refractivity contribution is 6.30. The van der Waals surface area contributed by atoms with Crippen molar-refractivity contribution in [2.75, 3.05) is 19.6 Å². The van der Waals surface area contributed by atoms with Crippen molar-refractivity contribution in [3.8, 4) is 0 Å². The third kappa shape index (κ3) is 2.57. The van der Waals surface area contributed by atoms with Gasteiger partial charge in [0.15, 0.2) is 0 Å². The van der Waals surface area contributed by atoms with E-state index in [0.717, 1.165) is 24.7 Å². The van der Waals surface area contributed by atoms with Crippen molar-refractivity contribution in [1.82, 2.24) is 4.90 Å². The van der Waals surface area contributed by atoms with Crippen molar-refractivity contribution in [2.24, 2.45) is 5.73 Å². The highest BCUT2D eigenvalue weighted by atomic mass is 35.5. The molecule has 2 nitrogen and oxygen atoms in total. The molecule has 2 unspecified atom stereocenters. The van der Waals surface area contributed by atoms with E-state index in [-0.39, 0.29) is 6.04 Å². The number of nitrogens with two attached hydrogens (primary N) is 1. The summed E-state index contributed by atoms with van der Waals surface area (Å²) in [4.78, 5) is 2.45. The fourth-order valence-electron chi connectivity index (χ4n) is 2.47. The molecule has 1 aliphatic heterocycles. The average molecular weight is 239 g/mol. The summed E-state index contributed by atoms with van der Waals surface area (Å²) in [6.07, 6.45) is 1.19. The number of halogens is 1. The SMILES string of the molecule is CCCN1CC(N)C(c2ccc(Cl)cc2)C1. The number of benzene rings is 1. The maximum absolute atomic E-state index is 6.20. The van der Waals surface area contributed by atoms with Crippen molar-refractivity contribution in [3.63, 3.8) is 0 Å². The van der Waals surface area contributed by atoms with E-state index in [4.69, 9.17) is 17.3 Å².